The van der Waals surface area contributed by atoms with Crippen LogP contribution in [0.3, 0.4) is 0 Å². The summed E-state index contributed by atoms with van der Waals surface area (Å²) in [5.74, 6) is 0.391. The topological polar surface area (TPSA) is 82.6 Å². The van der Waals surface area contributed by atoms with E-state index < -0.39 is 10.0 Å². The van der Waals surface area contributed by atoms with Gasteiger partial charge >= 0.3 is 0 Å². The van der Waals surface area contributed by atoms with Crippen LogP contribution in [0, 0.1) is 5.82 Å². The van der Waals surface area contributed by atoms with E-state index in [9.17, 15) is 12.8 Å². The minimum Gasteiger partial charge on any atom is -0.356 e. The second-order valence-corrected chi connectivity index (χ2v) is 8.45. The lowest BCUT2D eigenvalue weighted by atomic mass is 10.1. The third kappa shape index (κ3) is 5.77. The molecule has 150 valence electrons. The lowest BCUT2D eigenvalue weighted by molar-refractivity contribution is 0.581. The zero-order chi connectivity index (χ0) is 20.0. The molecule has 0 radical (unpaired) electrons. The molecule has 1 fully saturated rings. The SMILES string of the molecule is CN=C(NCCc1ccccc1F)NCc1ccc(S(=O)(=O)NC2CC2)cc1. The summed E-state index contributed by atoms with van der Waals surface area (Å²) in [6, 6.07) is 13.6. The molecule has 2 aromatic carbocycles. The predicted molar refractivity (Wildman–Crippen MR) is 108 cm³/mol. The maximum absolute atomic E-state index is 13.6. The zero-order valence-electron chi connectivity index (χ0n) is 15.8. The summed E-state index contributed by atoms with van der Waals surface area (Å²) in [7, 11) is -1.76. The number of benzene rings is 2. The summed E-state index contributed by atoms with van der Waals surface area (Å²) in [5, 5.41) is 6.31. The van der Waals surface area contributed by atoms with Crippen molar-refractivity contribution >= 4 is 16.0 Å². The first-order chi connectivity index (χ1) is 13.5. The number of aliphatic imine (C=N–C) groups is 1. The van der Waals surface area contributed by atoms with Gasteiger partial charge in [0, 0.05) is 26.2 Å². The molecule has 0 atom stereocenters. The van der Waals surface area contributed by atoms with Crippen LogP contribution in [0.15, 0.2) is 58.4 Å². The Morgan fingerprint density at radius 3 is 2.46 bits per heavy atom. The molecule has 0 saturated heterocycles. The monoisotopic (exact) mass is 404 g/mol. The summed E-state index contributed by atoms with van der Waals surface area (Å²) in [5.41, 5.74) is 1.59. The summed E-state index contributed by atoms with van der Waals surface area (Å²) in [4.78, 5) is 4.42. The summed E-state index contributed by atoms with van der Waals surface area (Å²) in [6.07, 6.45) is 2.36. The number of hydrogen-bond donors (Lipinski definition) is 3. The molecule has 0 aliphatic heterocycles. The Morgan fingerprint density at radius 2 is 1.82 bits per heavy atom. The fraction of sp³-hybridized carbons (Fsp3) is 0.350. The van der Waals surface area contributed by atoms with Gasteiger partial charge < -0.3 is 10.6 Å². The van der Waals surface area contributed by atoms with E-state index in [-0.39, 0.29) is 16.8 Å². The van der Waals surface area contributed by atoms with Gasteiger partial charge in [0.05, 0.1) is 4.90 Å². The number of rotatable bonds is 8. The molecule has 28 heavy (non-hydrogen) atoms. The molecule has 8 heteroatoms. The average molecular weight is 405 g/mol. The molecule has 0 unspecified atom stereocenters. The zero-order valence-corrected chi connectivity index (χ0v) is 16.6. The van der Waals surface area contributed by atoms with E-state index in [4.69, 9.17) is 0 Å². The Balaban J connectivity index is 1.47. The van der Waals surface area contributed by atoms with Crippen LogP contribution >= 0.6 is 0 Å². The van der Waals surface area contributed by atoms with Crippen molar-refractivity contribution in [3.8, 4) is 0 Å². The summed E-state index contributed by atoms with van der Waals surface area (Å²) < 4.78 is 40.7. The van der Waals surface area contributed by atoms with Gasteiger partial charge in [0.15, 0.2) is 5.96 Å². The Labute approximate surface area is 165 Å². The van der Waals surface area contributed by atoms with Crippen LogP contribution in [-0.4, -0.2) is 34.0 Å². The molecule has 3 N–H and O–H groups in total. The van der Waals surface area contributed by atoms with Gasteiger partial charge in [0.25, 0.3) is 0 Å². The van der Waals surface area contributed by atoms with Crippen LogP contribution in [0.25, 0.3) is 0 Å². The number of sulfonamides is 1. The Bertz CT molecular complexity index is 925. The Hall–Kier alpha value is -2.45. The third-order valence-corrected chi connectivity index (χ3v) is 6.00. The van der Waals surface area contributed by atoms with Gasteiger partial charge in [-0.05, 0) is 48.6 Å². The van der Waals surface area contributed by atoms with E-state index in [1.165, 1.54) is 6.07 Å². The first-order valence-electron chi connectivity index (χ1n) is 9.27. The van der Waals surface area contributed by atoms with E-state index in [0.717, 1.165) is 18.4 Å². The van der Waals surface area contributed by atoms with Crippen LogP contribution < -0.4 is 15.4 Å². The van der Waals surface area contributed by atoms with Crippen molar-refractivity contribution in [3.63, 3.8) is 0 Å². The van der Waals surface area contributed by atoms with Gasteiger partial charge in [-0.1, -0.05) is 30.3 Å². The van der Waals surface area contributed by atoms with Gasteiger partial charge in [0.2, 0.25) is 10.0 Å². The van der Waals surface area contributed by atoms with Crippen LogP contribution in [0.1, 0.15) is 24.0 Å². The highest BCUT2D eigenvalue weighted by molar-refractivity contribution is 7.89. The average Bonchev–Trinajstić information content (AvgIpc) is 3.49. The second kappa shape index (κ2) is 9.16. The maximum atomic E-state index is 13.6. The van der Waals surface area contributed by atoms with Gasteiger partial charge in [-0.15, -0.1) is 0 Å². The van der Waals surface area contributed by atoms with Gasteiger partial charge in [0.1, 0.15) is 5.82 Å². The molecule has 1 aliphatic carbocycles. The maximum Gasteiger partial charge on any atom is 0.240 e. The van der Waals surface area contributed by atoms with Crippen molar-refractivity contribution in [1.82, 2.24) is 15.4 Å². The van der Waals surface area contributed by atoms with E-state index in [1.54, 1.807) is 43.4 Å². The van der Waals surface area contributed by atoms with Crippen LogP contribution in [-0.2, 0) is 23.0 Å². The molecule has 0 heterocycles. The second-order valence-electron chi connectivity index (χ2n) is 6.73. The number of nitrogens with one attached hydrogen (secondary N) is 3. The predicted octanol–water partition coefficient (Wildman–Crippen LogP) is 2.17. The van der Waals surface area contributed by atoms with Gasteiger partial charge in [-0.25, -0.2) is 17.5 Å². The van der Waals surface area contributed by atoms with E-state index in [1.807, 2.05) is 6.07 Å². The first-order valence-corrected chi connectivity index (χ1v) is 10.8. The highest BCUT2D eigenvalue weighted by Crippen LogP contribution is 2.22. The molecule has 0 amide bonds. The standard InChI is InChI=1S/C20H25FN4O2S/c1-22-20(23-13-12-16-4-2-3-5-19(16)21)24-14-15-6-10-18(11-7-15)28(26,27)25-17-8-9-17/h2-7,10-11,17,25H,8-9,12-14H2,1H3,(H2,22,23,24). The van der Waals surface area contributed by atoms with Crippen LogP contribution in [0.2, 0.25) is 0 Å². The molecule has 0 bridgehead atoms. The highest BCUT2D eigenvalue weighted by atomic mass is 32.2. The molecule has 6 nitrogen and oxygen atoms in total. The molecule has 1 aliphatic rings. The first kappa shape index (κ1) is 20.3. The smallest absolute Gasteiger partial charge is 0.240 e. The van der Waals surface area contributed by atoms with Gasteiger partial charge in [-0.2, -0.15) is 0 Å². The van der Waals surface area contributed by atoms with Crippen LogP contribution in [0.4, 0.5) is 4.39 Å². The fourth-order valence-corrected chi connectivity index (χ4v) is 4.00. The minimum absolute atomic E-state index is 0.0881. The summed E-state index contributed by atoms with van der Waals surface area (Å²) >= 11 is 0. The number of hydrogen-bond acceptors (Lipinski definition) is 3. The minimum atomic E-state index is -3.43. The normalized spacial score (nSPS) is 14.7. The third-order valence-electron chi connectivity index (χ3n) is 4.46. The van der Waals surface area contributed by atoms with Crippen molar-refractivity contribution in [2.24, 2.45) is 4.99 Å². The Morgan fingerprint density at radius 1 is 1.11 bits per heavy atom. The van der Waals surface area contributed by atoms with E-state index in [0.29, 0.717) is 31.0 Å². The van der Waals surface area contributed by atoms with Crippen LogP contribution in [0.5, 0.6) is 0 Å². The fourth-order valence-electron chi connectivity index (χ4n) is 2.70. The summed E-state index contributed by atoms with van der Waals surface area (Å²) in [6.45, 7) is 1.04. The highest BCUT2D eigenvalue weighted by Gasteiger charge is 2.27. The molecule has 1 saturated carbocycles. The molecule has 3 rings (SSSR count). The lowest BCUT2D eigenvalue weighted by Gasteiger charge is -2.12. The van der Waals surface area contributed by atoms with Gasteiger partial charge in [-0.3, -0.25) is 4.99 Å². The molecule has 2 aromatic rings. The molecule has 0 spiro atoms. The Kier molecular flexibility index (Phi) is 6.64. The van der Waals surface area contributed by atoms with Crippen molar-refractivity contribution < 1.29 is 12.8 Å². The largest absolute Gasteiger partial charge is 0.356 e. The van der Waals surface area contributed by atoms with Crippen molar-refractivity contribution in [1.29, 1.82) is 0 Å². The molecule has 0 aromatic heterocycles. The van der Waals surface area contributed by atoms with Crippen molar-refractivity contribution in [2.45, 2.75) is 36.7 Å². The quantitative estimate of drug-likeness (QED) is 0.465. The number of nitrogens with zero attached hydrogens (tertiary/aromatic N) is 1. The van der Waals surface area contributed by atoms with E-state index in [2.05, 4.69) is 20.3 Å². The number of halogens is 1. The molecular weight excluding hydrogens is 379 g/mol. The van der Waals surface area contributed by atoms with Crippen molar-refractivity contribution in [2.75, 3.05) is 13.6 Å². The van der Waals surface area contributed by atoms with Crippen molar-refractivity contribution in [3.05, 3.63) is 65.5 Å². The van der Waals surface area contributed by atoms with E-state index >= 15 is 0 Å². The molecular formula is C20H25FN4O2S. The lowest BCUT2D eigenvalue weighted by Crippen LogP contribution is -2.37. The number of guanidine groups is 1.